The maximum atomic E-state index is 14.3. The number of ether oxygens (including phenoxy) is 1. The quantitative estimate of drug-likeness (QED) is 0.245. The number of halogens is 3. The molecule has 3 amide bonds. The number of rotatable bonds is 10. The summed E-state index contributed by atoms with van der Waals surface area (Å²) < 4.78 is 46.8. The first-order valence-electron chi connectivity index (χ1n) is 16.3. The Morgan fingerprint density at radius 2 is 1.80 bits per heavy atom. The maximum absolute atomic E-state index is 14.3. The molecule has 15 heteroatoms. The number of para-hydroxylation sites is 1. The number of morpholine rings is 1. The van der Waals surface area contributed by atoms with E-state index in [1.807, 2.05) is 42.5 Å². The van der Waals surface area contributed by atoms with Crippen LogP contribution in [0.2, 0.25) is 0 Å². The lowest BCUT2D eigenvalue weighted by Gasteiger charge is -2.47. The number of hydrogen-bond acceptors (Lipinski definition) is 7. The summed E-state index contributed by atoms with van der Waals surface area (Å²) in [5.74, 6) is -1.97. The first kappa shape index (κ1) is 33.2. The molecule has 6 heterocycles. The van der Waals surface area contributed by atoms with Gasteiger partial charge in [-0.25, -0.2) is 4.68 Å². The van der Waals surface area contributed by atoms with Crippen LogP contribution < -0.4 is 15.5 Å². The predicted molar refractivity (Wildman–Crippen MR) is 175 cm³/mol. The number of aromatic nitrogens is 4. The van der Waals surface area contributed by atoms with Crippen molar-refractivity contribution in [3.8, 4) is 5.69 Å². The molecule has 4 aliphatic rings. The Hall–Kier alpha value is -5.28. The van der Waals surface area contributed by atoms with Gasteiger partial charge in [0.2, 0.25) is 5.91 Å². The monoisotopic (exact) mass is 688 g/mol. The molecule has 260 valence electrons. The summed E-state index contributed by atoms with van der Waals surface area (Å²) in [7, 11) is 0. The molecule has 4 aliphatic heterocycles. The van der Waals surface area contributed by atoms with Crippen LogP contribution in [0.25, 0.3) is 5.69 Å². The van der Waals surface area contributed by atoms with Gasteiger partial charge in [0.25, 0.3) is 11.8 Å². The molecule has 3 saturated heterocycles. The number of alkyl halides is 3. The lowest BCUT2D eigenvalue weighted by atomic mass is 9.82. The number of nitrogens with one attached hydrogen (secondary N) is 2. The van der Waals surface area contributed by atoms with E-state index in [4.69, 9.17) is 4.74 Å². The number of benzene rings is 2. The second-order valence-electron chi connectivity index (χ2n) is 12.6. The fraction of sp³-hybridized carbons (Fsp3) is 0.343. The summed E-state index contributed by atoms with van der Waals surface area (Å²) in [4.78, 5) is 44.3. The van der Waals surface area contributed by atoms with Gasteiger partial charge in [0.1, 0.15) is 17.6 Å². The van der Waals surface area contributed by atoms with Gasteiger partial charge in [0.15, 0.2) is 0 Å². The van der Waals surface area contributed by atoms with Gasteiger partial charge < -0.3 is 15.4 Å². The number of likely N-dealkylation sites (N-methyl/N-ethyl adjacent to an activating group) is 1. The van der Waals surface area contributed by atoms with Crippen molar-refractivity contribution in [3.05, 3.63) is 108 Å². The highest BCUT2D eigenvalue weighted by atomic mass is 19.4. The predicted octanol–water partition coefficient (Wildman–Crippen LogP) is 3.49. The Morgan fingerprint density at radius 1 is 1.06 bits per heavy atom. The summed E-state index contributed by atoms with van der Waals surface area (Å²) in [6, 6.07) is 16.2. The Kier molecular flexibility index (Phi) is 8.78. The number of carbonyl (C=O) groups excluding carboxylic acids is 3. The third-order valence-electron chi connectivity index (χ3n) is 9.25. The van der Waals surface area contributed by atoms with Crippen LogP contribution in [-0.2, 0) is 27.2 Å². The minimum Gasteiger partial charge on any atom is -0.372 e. The average Bonchev–Trinajstić information content (AvgIpc) is 3.77. The first-order chi connectivity index (χ1) is 24.0. The zero-order valence-corrected chi connectivity index (χ0v) is 27.1. The standard InChI is InChI=1S/C35H35F3N8O4/c1-3-44-33-27(17-40-46(33)24-10-5-4-6-11-24)29(30(34(44)49)41-32(48)28-12-13-45(42-28)35(36,37)38)23-9-7-8-22(14-23)16-39-31(47)21(2)18-43-19-25-15-26(20-43)50-25/h4-14,17,25-26,29-30H,2-3,15-16,18-20H2,1H3,(H,39,47)(H,41,48)/t25?,26?,29-,30+/m1/s1. The molecular weight excluding hydrogens is 653 g/mol. The summed E-state index contributed by atoms with van der Waals surface area (Å²) in [6.07, 6.45) is -1.05. The van der Waals surface area contributed by atoms with Crippen molar-refractivity contribution in [1.29, 1.82) is 0 Å². The number of amides is 3. The zero-order chi connectivity index (χ0) is 35.2. The second kappa shape index (κ2) is 13.2. The third-order valence-corrected chi connectivity index (χ3v) is 9.25. The van der Waals surface area contributed by atoms with Crippen LogP contribution in [0.1, 0.15) is 46.4 Å². The topological polar surface area (TPSA) is 127 Å². The van der Waals surface area contributed by atoms with Crippen molar-refractivity contribution in [2.75, 3.05) is 31.1 Å². The molecule has 0 spiro atoms. The van der Waals surface area contributed by atoms with Crippen molar-refractivity contribution in [3.63, 3.8) is 0 Å². The normalized spacial score (nSPS) is 21.7. The molecule has 4 atom stereocenters. The van der Waals surface area contributed by atoms with Gasteiger partial charge >= 0.3 is 6.30 Å². The van der Waals surface area contributed by atoms with Crippen LogP contribution in [0.5, 0.6) is 0 Å². The molecule has 12 nitrogen and oxygen atoms in total. The zero-order valence-electron chi connectivity index (χ0n) is 27.1. The molecule has 0 saturated carbocycles. The lowest BCUT2D eigenvalue weighted by Crippen LogP contribution is -2.57. The van der Waals surface area contributed by atoms with Crippen LogP contribution in [0.4, 0.5) is 19.0 Å². The largest absolute Gasteiger partial charge is 0.504 e. The highest BCUT2D eigenvalue weighted by Gasteiger charge is 2.45. The van der Waals surface area contributed by atoms with E-state index in [2.05, 4.69) is 32.3 Å². The van der Waals surface area contributed by atoms with Gasteiger partial charge in [-0.1, -0.05) is 49.0 Å². The van der Waals surface area contributed by atoms with Crippen molar-refractivity contribution in [2.24, 2.45) is 0 Å². The molecule has 2 N–H and O–H groups in total. The maximum Gasteiger partial charge on any atom is 0.504 e. The van der Waals surface area contributed by atoms with Crippen molar-refractivity contribution < 1.29 is 32.3 Å². The van der Waals surface area contributed by atoms with E-state index in [0.717, 1.165) is 31.1 Å². The molecule has 0 radical (unpaired) electrons. The Balaban J connectivity index is 1.18. The van der Waals surface area contributed by atoms with Crippen LogP contribution in [0, 0.1) is 0 Å². The molecule has 4 aromatic rings. The molecule has 3 fully saturated rings. The number of carbonyl (C=O) groups is 3. The van der Waals surface area contributed by atoms with Crippen molar-refractivity contribution in [1.82, 2.24) is 35.1 Å². The van der Waals surface area contributed by atoms with E-state index >= 15 is 0 Å². The Labute approximate surface area is 285 Å². The second-order valence-corrected chi connectivity index (χ2v) is 12.6. The summed E-state index contributed by atoms with van der Waals surface area (Å²) in [5, 5.41) is 13.6. The van der Waals surface area contributed by atoms with E-state index in [9.17, 15) is 27.6 Å². The van der Waals surface area contributed by atoms with Crippen LogP contribution in [-0.4, -0.2) is 86.6 Å². The molecule has 2 unspecified atom stereocenters. The number of nitrogens with zero attached hydrogens (tertiary/aromatic N) is 6. The minimum absolute atomic E-state index is 0.170. The number of fused-ring (bicyclic) bond motifs is 3. The van der Waals surface area contributed by atoms with Crippen molar-refractivity contribution in [2.45, 2.75) is 50.4 Å². The molecular formula is C35H35F3N8O4. The fourth-order valence-electron chi connectivity index (χ4n) is 6.94. The first-order valence-corrected chi connectivity index (χ1v) is 16.3. The molecule has 2 bridgehead atoms. The highest BCUT2D eigenvalue weighted by molar-refractivity contribution is 6.04. The summed E-state index contributed by atoms with van der Waals surface area (Å²) >= 11 is 0. The number of hydrogen-bond donors (Lipinski definition) is 2. The van der Waals surface area contributed by atoms with Gasteiger partial charge in [-0.3, -0.25) is 24.2 Å². The molecule has 0 aliphatic carbocycles. The molecule has 2 aromatic heterocycles. The molecule has 2 aromatic carbocycles. The van der Waals surface area contributed by atoms with Crippen molar-refractivity contribution >= 4 is 23.5 Å². The van der Waals surface area contributed by atoms with Crippen LogP contribution in [0.3, 0.4) is 0 Å². The smallest absolute Gasteiger partial charge is 0.372 e. The van der Waals surface area contributed by atoms with Gasteiger partial charge in [0, 0.05) is 62.4 Å². The van der Waals surface area contributed by atoms with E-state index in [-0.39, 0.29) is 35.9 Å². The summed E-state index contributed by atoms with van der Waals surface area (Å²) in [6.45, 7) is 8.15. The molecule has 50 heavy (non-hydrogen) atoms. The highest BCUT2D eigenvalue weighted by Crippen LogP contribution is 2.41. The Bertz CT molecular complexity index is 1920. The number of anilines is 1. The number of piperidine rings is 1. The minimum atomic E-state index is -4.81. The lowest BCUT2D eigenvalue weighted by molar-refractivity contribution is -0.212. The van der Waals surface area contributed by atoms with Crippen LogP contribution >= 0.6 is 0 Å². The van der Waals surface area contributed by atoms with E-state index in [1.54, 1.807) is 29.9 Å². The Morgan fingerprint density at radius 3 is 2.48 bits per heavy atom. The van der Waals surface area contributed by atoms with Gasteiger partial charge in [-0.2, -0.15) is 14.9 Å². The van der Waals surface area contributed by atoms with E-state index in [1.165, 1.54) is 4.90 Å². The average molecular weight is 689 g/mol. The van der Waals surface area contributed by atoms with Gasteiger partial charge in [0.05, 0.1) is 24.1 Å². The van der Waals surface area contributed by atoms with Gasteiger partial charge in [-0.05, 0) is 36.2 Å². The van der Waals surface area contributed by atoms with E-state index < -0.39 is 35.8 Å². The van der Waals surface area contributed by atoms with Gasteiger partial charge in [-0.15, -0.1) is 13.2 Å². The SMILES string of the molecule is C=C(CN1CC2CC(C1)O2)C(=O)NCc1cccc([C@@H]2c3cnn(-c4ccccc4)c3N(CC)C(=O)[C@H]2NC(=O)c2ccn(C(F)(F)F)n2)c1. The molecule has 8 rings (SSSR count). The van der Waals surface area contributed by atoms with Crippen LogP contribution in [0.15, 0.2) is 85.2 Å². The summed E-state index contributed by atoms with van der Waals surface area (Å²) in [5.41, 5.74) is 2.64. The van der Waals surface area contributed by atoms with E-state index in [0.29, 0.717) is 40.9 Å². The fourth-order valence-corrected chi connectivity index (χ4v) is 6.94. The third kappa shape index (κ3) is 6.41.